The summed E-state index contributed by atoms with van der Waals surface area (Å²) in [5.74, 6) is 0. The molecule has 1 saturated carbocycles. The molecule has 16 heavy (non-hydrogen) atoms. The molecule has 0 aromatic heterocycles. The summed E-state index contributed by atoms with van der Waals surface area (Å²) in [6, 6.07) is 11.0. The molecule has 1 aromatic carbocycles. The number of benzene rings is 1. The fourth-order valence-corrected chi connectivity index (χ4v) is 3.12. The molecule has 1 heterocycles. The molecule has 0 radical (unpaired) electrons. The molecule has 0 bridgehead atoms. The van der Waals surface area contributed by atoms with Gasteiger partial charge in [-0.05, 0) is 31.4 Å². The number of para-hydroxylation sites is 1. The minimum absolute atomic E-state index is 0.0128. The Morgan fingerprint density at radius 1 is 1.38 bits per heavy atom. The van der Waals surface area contributed by atoms with Gasteiger partial charge in [-0.15, -0.1) is 0 Å². The van der Waals surface area contributed by atoms with E-state index in [1.54, 1.807) is 0 Å². The molecule has 2 heteroatoms. The van der Waals surface area contributed by atoms with E-state index in [1.165, 1.54) is 30.5 Å². The van der Waals surface area contributed by atoms with Gasteiger partial charge in [0.25, 0.3) is 0 Å². The number of nitrogens with zero attached hydrogens (tertiary/aromatic N) is 2. The Balaban J connectivity index is 2.06. The molecule has 0 N–H and O–H groups in total. The predicted molar refractivity (Wildman–Crippen MR) is 64.4 cm³/mol. The van der Waals surface area contributed by atoms with Gasteiger partial charge < -0.3 is 4.90 Å². The van der Waals surface area contributed by atoms with E-state index in [0.29, 0.717) is 5.41 Å². The Labute approximate surface area is 96.5 Å². The van der Waals surface area contributed by atoms with Crippen LogP contribution in [-0.2, 0) is 5.41 Å². The van der Waals surface area contributed by atoms with Gasteiger partial charge >= 0.3 is 0 Å². The van der Waals surface area contributed by atoms with Gasteiger partial charge in [0.1, 0.15) is 6.04 Å². The highest BCUT2D eigenvalue weighted by molar-refractivity contribution is 5.64. The first-order chi connectivity index (χ1) is 7.77. The van der Waals surface area contributed by atoms with Gasteiger partial charge in [0, 0.05) is 17.6 Å². The van der Waals surface area contributed by atoms with Gasteiger partial charge in [0.15, 0.2) is 0 Å². The summed E-state index contributed by atoms with van der Waals surface area (Å²) < 4.78 is 0. The fourth-order valence-electron chi connectivity index (χ4n) is 3.12. The lowest BCUT2D eigenvalue weighted by molar-refractivity contribution is 0.262. The standard InChI is InChI=1S/C14H16N2/c1-11(9-15)16-10-14(7-4-8-14)12-5-2-3-6-13(12)16/h2-3,5-6,11H,4,7-8,10H2,1H3. The van der Waals surface area contributed by atoms with Crippen LogP contribution in [0.2, 0.25) is 0 Å². The first-order valence-corrected chi connectivity index (χ1v) is 6.03. The summed E-state index contributed by atoms with van der Waals surface area (Å²) in [5.41, 5.74) is 3.14. The van der Waals surface area contributed by atoms with Crippen LogP contribution in [0, 0.1) is 11.3 Å². The minimum atomic E-state index is -0.0128. The Bertz CT molecular complexity index is 454. The van der Waals surface area contributed by atoms with Crippen molar-refractivity contribution in [3.63, 3.8) is 0 Å². The zero-order valence-corrected chi connectivity index (χ0v) is 9.61. The third-order valence-electron chi connectivity index (χ3n) is 4.22. The highest BCUT2D eigenvalue weighted by Crippen LogP contribution is 2.52. The average molecular weight is 212 g/mol. The van der Waals surface area contributed by atoms with Crippen molar-refractivity contribution in [1.82, 2.24) is 0 Å². The van der Waals surface area contributed by atoms with E-state index >= 15 is 0 Å². The summed E-state index contributed by atoms with van der Waals surface area (Å²) in [6.07, 6.45) is 3.92. The van der Waals surface area contributed by atoms with Crippen molar-refractivity contribution in [2.24, 2.45) is 0 Å². The normalized spacial score (nSPS) is 22.4. The largest absolute Gasteiger partial charge is 0.355 e. The molecule has 0 amide bonds. The number of hydrogen-bond donors (Lipinski definition) is 0. The predicted octanol–water partition coefficient (Wildman–Crippen LogP) is 2.84. The van der Waals surface area contributed by atoms with Crippen molar-refractivity contribution >= 4 is 5.69 Å². The molecule has 1 aliphatic carbocycles. The molecular weight excluding hydrogens is 196 g/mol. The van der Waals surface area contributed by atoms with Crippen molar-refractivity contribution in [3.8, 4) is 6.07 Å². The van der Waals surface area contributed by atoms with E-state index in [4.69, 9.17) is 5.26 Å². The molecular formula is C14H16N2. The van der Waals surface area contributed by atoms with Gasteiger partial charge in [-0.25, -0.2) is 0 Å². The maximum Gasteiger partial charge on any atom is 0.114 e. The van der Waals surface area contributed by atoms with Crippen molar-refractivity contribution in [1.29, 1.82) is 5.26 Å². The first-order valence-electron chi connectivity index (χ1n) is 6.03. The van der Waals surface area contributed by atoms with E-state index < -0.39 is 0 Å². The van der Waals surface area contributed by atoms with Crippen molar-refractivity contribution in [2.45, 2.75) is 37.6 Å². The summed E-state index contributed by atoms with van der Waals surface area (Å²) in [4.78, 5) is 2.27. The fraction of sp³-hybridized carbons (Fsp3) is 0.500. The molecule has 1 atom stereocenters. The first kappa shape index (κ1) is 9.72. The van der Waals surface area contributed by atoms with Crippen LogP contribution in [0.4, 0.5) is 5.69 Å². The third-order valence-corrected chi connectivity index (χ3v) is 4.22. The van der Waals surface area contributed by atoms with Crippen LogP contribution in [0.5, 0.6) is 0 Å². The highest BCUT2D eigenvalue weighted by atomic mass is 15.2. The van der Waals surface area contributed by atoms with Crippen molar-refractivity contribution < 1.29 is 0 Å². The van der Waals surface area contributed by atoms with Crippen LogP contribution in [0.3, 0.4) is 0 Å². The van der Waals surface area contributed by atoms with Gasteiger partial charge in [0.2, 0.25) is 0 Å². The Morgan fingerprint density at radius 2 is 2.12 bits per heavy atom. The number of anilines is 1. The molecule has 1 unspecified atom stereocenters. The Kier molecular flexibility index (Phi) is 1.97. The lowest BCUT2D eigenvalue weighted by Crippen LogP contribution is -2.41. The Morgan fingerprint density at radius 3 is 2.75 bits per heavy atom. The average Bonchev–Trinajstić information content (AvgIpc) is 2.63. The summed E-state index contributed by atoms with van der Waals surface area (Å²) in [5, 5.41) is 9.09. The summed E-state index contributed by atoms with van der Waals surface area (Å²) in [6.45, 7) is 3.04. The quantitative estimate of drug-likeness (QED) is 0.715. The Hall–Kier alpha value is -1.49. The maximum atomic E-state index is 9.09. The molecule has 2 aliphatic rings. The summed E-state index contributed by atoms with van der Waals surface area (Å²) in [7, 11) is 0. The molecule has 1 spiro atoms. The molecule has 0 saturated heterocycles. The molecule has 1 aliphatic heterocycles. The number of hydrogen-bond acceptors (Lipinski definition) is 2. The zero-order valence-electron chi connectivity index (χ0n) is 9.61. The topological polar surface area (TPSA) is 27.0 Å². The third kappa shape index (κ3) is 1.12. The molecule has 2 nitrogen and oxygen atoms in total. The minimum Gasteiger partial charge on any atom is -0.355 e. The van der Waals surface area contributed by atoms with E-state index in [2.05, 4.69) is 35.2 Å². The second-order valence-electron chi connectivity index (χ2n) is 5.08. The molecule has 1 aromatic rings. The van der Waals surface area contributed by atoms with Crippen LogP contribution in [0.15, 0.2) is 24.3 Å². The van der Waals surface area contributed by atoms with E-state index in [1.807, 2.05) is 6.92 Å². The highest BCUT2D eigenvalue weighted by Gasteiger charge is 2.47. The molecule has 82 valence electrons. The van der Waals surface area contributed by atoms with Crippen molar-refractivity contribution in [3.05, 3.63) is 29.8 Å². The van der Waals surface area contributed by atoms with E-state index in [0.717, 1.165) is 6.54 Å². The van der Waals surface area contributed by atoms with Crippen LogP contribution >= 0.6 is 0 Å². The van der Waals surface area contributed by atoms with E-state index in [9.17, 15) is 0 Å². The van der Waals surface area contributed by atoms with Crippen molar-refractivity contribution in [2.75, 3.05) is 11.4 Å². The van der Waals surface area contributed by atoms with Crippen LogP contribution in [-0.4, -0.2) is 12.6 Å². The zero-order chi connectivity index (χ0) is 11.2. The molecule has 1 fully saturated rings. The monoisotopic (exact) mass is 212 g/mol. The lowest BCUT2D eigenvalue weighted by atomic mass is 9.66. The second-order valence-corrected chi connectivity index (χ2v) is 5.08. The number of rotatable bonds is 1. The molecule has 3 rings (SSSR count). The van der Waals surface area contributed by atoms with E-state index in [-0.39, 0.29) is 6.04 Å². The van der Waals surface area contributed by atoms with Crippen LogP contribution in [0.1, 0.15) is 31.7 Å². The van der Waals surface area contributed by atoms with Gasteiger partial charge in [-0.2, -0.15) is 5.26 Å². The maximum absolute atomic E-state index is 9.09. The second kappa shape index (κ2) is 3.25. The van der Waals surface area contributed by atoms with Crippen LogP contribution < -0.4 is 4.90 Å². The SMILES string of the molecule is CC(C#N)N1CC2(CCC2)c2ccccc21. The van der Waals surface area contributed by atoms with Gasteiger partial charge in [0.05, 0.1) is 6.07 Å². The van der Waals surface area contributed by atoms with Crippen LogP contribution in [0.25, 0.3) is 0 Å². The summed E-state index contributed by atoms with van der Waals surface area (Å²) >= 11 is 0. The smallest absolute Gasteiger partial charge is 0.114 e. The lowest BCUT2D eigenvalue weighted by Gasteiger charge is -2.39. The number of fused-ring (bicyclic) bond motifs is 2. The van der Waals surface area contributed by atoms with Gasteiger partial charge in [-0.3, -0.25) is 0 Å². The number of nitriles is 1. The van der Waals surface area contributed by atoms with Gasteiger partial charge in [-0.1, -0.05) is 24.6 Å².